The zero-order valence-electron chi connectivity index (χ0n) is 14.9. The molecule has 0 unspecified atom stereocenters. The fraction of sp³-hybridized carbons (Fsp3) is 0.684. The Labute approximate surface area is 131 Å². The highest BCUT2D eigenvalue weighted by atomic mass is 16.3. The molecule has 0 heterocycles. The number of phenols is 1. The van der Waals surface area contributed by atoms with E-state index in [1.165, 1.54) is 18.4 Å². The summed E-state index contributed by atoms with van der Waals surface area (Å²) in [6.45, 7) is 16.2. The molecule has 0 amide bonds. The van der Waals surface area contributed by atoms with E-state index in [0.29, 0.717) is 5.75 Å². The second kappa shape index (κ2) is 6.72. The van der Waals surface area contributed by atoms with E-state index < -0.39 is 0 Å². The van der Waals surface area contributed by atoms with Crippen LogP contribution < -0.4 is 5.32 Å². The number of hydrogen-bond acceptors (Lipinski definition) is 2. The fourth-order valence-electron chi connectivity index (χ4n) is 2.37. The van der Waals surface area contributed by atoms with Crippen LogP contribution in [-0.4, -0.2) is 11.7 Å². The molecular formula is C19H33NO. The van der Waals surface area contributed by atoms with Crippen LogP contribution in [0.2, 0.25) is 0 Å². The lowest BCUT2D eigenvalue weighted by Crippen LogP contribution is -2.17. The third-order valence-corrected chi connectivity index (χ3v) is 3.88. The molecule has 120 valence electrons. The summed E-state index contributed by atoms with van der Waals surface area (Å²) in [5.74, 6) is 0.409. The molecule has 2 N–H and O–H groups in total. The molecule has 0 fully saturated rings. The van der Waals surface area contributed by atoms with Crippen LogP contribution in [0.15, 0.2) is 12.1 Å². The second-order valence-electron chi connectivity index (χ2n) is 8.05. The van der Waals surface area contributed by atoms with Gasteiger partial charge in [-0.3, -0.25) is 0 Å². The molecule has 0 aliphatic rings. The Hall–Kier alpha value is -1.18. The summed E-state index contributed by atoms with van der Waals surface area (Å²) < 4.78 is 0. The zero-order chi connectivity index (χ0) is 16.3. The maximum absolute atomic E-state index is 10.6. The van der Waals surface area contributed by atoms with Crippen LogP contribution in [0.1, 0.15) is 78.9 Å². The lowest BCUT2D eigenvalue weighted by molar-refractivity contribution is 0.446. The molecule has 2 heteroatoms. The van der Waals surface area contributed by atoms with E-state index in [-0.39, 0.29) is 10.8 Å². The van der Waals surface area contributed by atoms with Crippen molar-refractivity contribution in [2.75, 3.05) is 11.9 Å². The first-order chi connectivity index (χ1) is 9.57. The maximum atomic E-state index is 10.6. The molecule has 0 aliphatic carbocycles. The van der Waals surface area contributed by atoms with Gasteiger partial charge in [-0.15, -0.1) is 0 Å². The molecule has 1 aromatic carbocycles. The van der Waals surface area contributed by atoms with E-state index in [2.05, 4.69) is 65.9 Å². The Morgan fingerprint density at radius 3 is 2.05 bits per heavy atom. The van der Waals surface area contributed by atoms with E-state index in [1.54, 1.807) is 0 Å². The van der Waals surface area contributed by atoms with Crippen LogP contribution in [0.5, 0.6) is 5.75 Å². The van der Waals surface area contributed by atoms with Crippen molar-refractivity contribution in [3.05, 3.63) is 23.3 Å². The van der Waals surface area contributed by atoms with Gasteiger partial charge in [0.1, 0.15) is 5.75 Å². The summed E-state index contributed by atoms with van der Waals surface area (Å²) in [5, 5.41) is 14.0. The van der Waals surface area contributed by atoms with Crippen LogP contribution in [0.4, 0.5) is 5.69 Å². The molecule has 0 atom stereocenters. The first-order valence-electron chi connectivity index (χ1n) is 8.19. The van der Waals surface area contributed by atoms with Crippen molar-refractivity contribution in [2.24, 2.45) is 0 Å². The van der Waals surface area contributed by atoms with Crippen LogP contribution >= 0.6 is 0 Å². The molecular weight excluding hydrogens is 258 g/mol. The highest BCUT2D eigenvalue weighted by molar-refractivity contribution is 5.63. The summed E-state index contributed by atoms with van der Waals surface area (Å²) in [6.07, 6.45) is 3.57. The number of hydrogen-bond donors (Lipinski definition) is 2. The predicted octanol–water partition coefficient (Wildman–Crippen LogP) is 5.59. The van der Waals surface area contributed by atoms with Gasteiger partial charge in [-0.05, 0) is 28.9 Å². The monoisotopic (exact) mass is 291 g/mol. The van der Waals surface area contributed by atoms with Gasteiger partial charge in [-0.2, -0.15) is 0 Å². The van der Waals surface area contributed by atoms with Gasteiger partial charge in [0.2, 0.25) is 0 Å². The van der Waals surface area contributed by atoms with E-state index in [0.717, 1.165) is 24.2 Å². The van der Waals surface area contributed by atoms with E-state index in [4.69, 9.17) is 0 Å². The summed E-state index contributed by atoms with van der Waals surface area (Å²) in [7, 11) is 0. The topological polar surface area (TPSA) is 32.3 Å². The van der Waals surface area contributed by atoms with Crippen molar-refractivity contribution >= 4 is 5.69 Å². The number of benzene rings is 1. The average Bonchev–Trinajstić information content (AvgIpc) is 2.33. The number of rotatable bonds is 5. The first kappa shape index (κ1) is 17.9. The van der Waals surface area contributed by atoms with Crippen molar-refractivity contribution in [1.29, 1.82) is 0 Å². The molecule has 0 spiro atoms. The predicted molar refractivity (Wildman–Crippen MR) is 93.5 cm³/mol. The third-order valence-electron chi connectivity index (χ3n) is 3.88. The van der Waals surface area contributed by atoms with Crippen LogP contribution in [0, 0.1) is 0 Å². The minimum absolute atomic E-state index is 0.0643. The van der Waals surface area contributed by atoms with Gasteiger partial charge in [0.05, 0.1) is 5.69 Å². The smallest absolute Gasteiger partial charge is 0.142 e. The number of aromatic hydroxyl groups is 1. The highest BCUT2D eigenvalue weighted by Gasteiger charge is 2.24. The molecule has 0 radical (unpaired) electrons. The lowest BCUT2D eigenvalue weighted by Gasteiger charge is -2.27. The Bertz CT molecular complexity index is 464. The van der Waals surface area contributed by atoms with Crippen LogP contribution in [0.25, 0.3) is 0 Å². The van der Waals surface area contributed by atoms with Gasteiger partial charge in [0.25, 0.3) is 0 Å². The lowest BCUT2D eigenvalue weighted by atomic mass is 9.79. The van der Waals surface area contributed by atoms with Crippen molar-refractivity contribution in [1.82, 2.24) is 0 Å². The second-order valence-corrected chi connectivity index (χ2v) is 8.05. The van der Waals surface area contributed by atoms with E-state index in [1.807, 2.05) is 0 Å². The van der Waals surface area contributed by atoms with Crippen molar-refractivity contribution in [2.45, 2.75) is 78.6 Å². The third kappa shape index (κ3) is 4.94. The largest absolute Gasteiger partial charge is 0.505 e. The number of nitrogens with one attached hydrogen (secondary N) is 1. The van der Waals surface area contributed by atoms with Gasteiger partial charge in [-0.1, -0.05) is 67.4 Å². The molecule has 0 bridgehead atoms. The molecule has 21 heavy (non-hydrogen) atoms. The van der Waals surface area contributed by atoms with Gasteiger partial charge in [0, 0.05) is 12.1 Å². The van der Waals surface area contributed by atoms with Gasteiger partial charge >= 0.3 is 0 Å². The summed E-state index contributed by atoms with van der Waals surface area (Å²) in [4.78, 5) is 0. The Morgan fingerprint density at radius 1 is 0.952 bits per heavy atom. The van der Waals surface area contributed by atoms with Crippen LogP contribution in [0.3, 0.4) is 0 Å². The number of anilines is 1. The SMILES string of the molecule is CCCCCNc1cc(C(C)(C)C)cc(C(C)(C)C)c1O. The van der Waals surface area contributed by atoms with Crippen molar-refractivity contribution in [3.8, 4) is 5.75 Å². The Morgan fingerprint density at radius 2 is 1.57 bits per heavy atom. The summed E-state index contributed by atoms with van der Waals surface area (Å²) in [6, 6.07) is 4.27. The normalized spacial score (nSPS) is 12.5. The van der Waals surface area contributed by atoms with Crippen LogP contribution in [-0.2, 0) is 10.8 Å². The van der Waals surface area contributed by atoms with Gasteiger partial charge in [0.15, 0.2) is 0 Å². The molecule has 0 saturated heterocycles. The number of phenolic OH excluding ortho intramolecular Hbond substituents is 1. The standard InChI is InChI=1S/C19H33NO/c1-8-9-10-11-20-16-13-14(18(2,3)4)12-15(17(16)21)19(5,6)7/h12-13,20-21H,8-11H2,1-7H3. The summed E-state index contributed by atoms with van der Waals surface area (Å²) in [5.41, 5.74) is 3.18. The quantitative estimate of drug-likeness (QED) is 0.547. The first-order valence-corrected chi connectivity index (χ1v) is 8.19. The molecule has 0 saturated carbocycles. The molecule has 2 nitrogen and oxygen atoms in total. The fourth-order valence-corrected chi connectivity index (χ4v) is 2.37. The minimum atomic E-state index is -0.0643. The van der Waals surface area contributed by atoms with E-state index >= 15 is 0 Å². The molecule has 1 aromatic rings. The average molecular weight is 291 g/mol. The molecule has 1 rings (SSSR count). The zero-order valence-corrected chi connectivity index (χ0v) is 14.9. The maximum Gasteiger partial charge on any atom is 0.142 e. The van der Waals surface area contributed by atoms with Crippen molar-refractivity contribution < 1.29 is 5.11 Å². The van der Waals surface area contributed by atoms with Gasteiger partial charge in [-0.25, -0.2) is 0 Å². The van der Waals surface area contributed by atoms with Gasteiger partial charge < -0.3 is 10.4 Å². The molecule has 0 aliphatic heterocycles. The van der Waals surface area contributed by atoms with E-state index in [9.17, 15) is 5.11 Å². The number of unbranched alkanes of at least 4 members (excludes halogenated alkanes) is 2. The molecule has 0 aromatic heterocycles. The Balaban J connectivity index is 3.16. The summed E-state index contributed by atoms with van der Waals surface area (Å²) >= 11 is 0. The van der Waals surface area contributed by atoms with Crippen molar-refractivity contribution in [3.63, 3.8) is 0 Å². The Kier molecular flexibility index (Phi) is 5.72. The minimum Gasteiger partial charge on any atom is -0.505 e. The highest BCUT2D eigenvalue weighted by Crippen LogP contribution is 2.40.